The molecule has 1 aromatic rings. The molecule has 0 bridgehead atoms. The number of morpholine rings is 1. The highest BCUT2D eigenvalue weighted by Gasteiger charge is 2.18. The van der Waals surface area contributed by atoms with Gasteiger partial charge in [-0.3, -0.25) is 20.3 Å². The van der Waals surface area contributed by atoms with Crippen molar-refractivity contribution in [2.24, 2.45) is 0 Å². The van der Waals surface area contributed by atoms with Gasteiger partial charge in [0.25, 0.3) is 5.69 Å². The normalized spacial score (nSPS) is 16.0. The third-order valence-electron chi connectivity index (χ3n) is 2.83. The number of hydrogen-bond acceptors (Lipinski definition) is 5. The first-order valence-corrected chi connectivity index (χ1v) is 6.01. The number of hydrogen-bond donors (Lipinski definition) is 1. The highest BCUT2D eigenvalue weighted by molar-refractivity contribution is 5.79. The molecular weight excluding hydrogens is 250 g/mol. The van der Waals surface area contributed by atoms with Gasteiger partial charge in [-0.1, -0.05) is 18.2 Å². The Balaban J connectivity index is 1.96. The second-order valence-electron chi connectivity index (χ2n) is 4.20. The molecule has 0 atom stereocenters. The number of carbonyl (C=O) groups is 1. The molecule has 1 aliphatic heterocycles. The molecular formula is C12H15N3O4. The van der Waals surface area contributed by atoms with E-state index in [-0.39, 0.29) is 18.0 Å². The molecule has 102 valence electrons. The SMILES string of the molecule is O=C(Cc1ccccc1[N+](=O)[O-])NN1CCOCC1. The minimum atomic E-state index is -0.475. The van der Waals surface area contributed by atoms with Gasteiger partial charge in [0.15, 0.2) is 0 Å². The maximum Gasteiger partial charge on any atom is 0.273 e. The maximum atomic E-state index is 11.8. The van der Waals surface area contributed by atoms with Crippen molar-refractivity contribution < 1.29 is 14.5 Å². The standard InChI is InChI=1S/C12H15N3O4/c16-12(13-14-5-7-19-8-6-14)9-10-3-1-2-4-11(10)15(17)18/h1-4H,5-9H2,(H,13,16). The van der Waals surface area contributed by atoms with Gasteiger partial charge < -0.3 is 4.74 Å². The number of nitro groups is 1. The predicted octanol–water partition coefficient (Wildman–Crippen LogP) is 0.501. The Morgan fingerprint density at radius 1 is 1.37 bits per heavy atom. The van der Waals surface area contributed by atoms with E-state index < -0.39 is 4.92 Å². The number of rotatable bonds is 4. The summed E-state index contributed by atoms with van der Waals surface area (Å²) in [5, 5.41) is 12.6. The molecule has 19 heavy (non-hydrogen) atoms. The molecule has 1 amide bonds. The van der Waals surface area contributed by atoms with Crippen LogP contribution >= 0.6 is 0 Å². The molecule has 2 rings (SSSR count). The number of nitro benzene ring substituents is 1. The van der Waals surface area contributed by atoms with Crippen LogP contribution in [0, 0.1) is 10.1 Å². The Bertz CT molecular complexity index is 472. The number of carbonyl (C=O) groups excluding carboxylic acids is 1. The molecule has 0 radical (unpaired) electrons. The summed E-state index contributed by atoms with van der Waals surface area (Å²) in [6.45, 7) is 2.41. The number of hydrazine groups is 1. The number of nitrogens with one attached hydrogen (secondary N) is 1. The smallest absolute Gasteiger partial charge is 0.273 e. The highest BCUT2D eigenvalue weighted by atomic mass is 16.6. The van der Waals surface area contributed by atoms with Gasteiger partial charge in [-0.15, -0.1) is 0 Å². The van der Waals surface area contributed by atoms with Crippen molar-refractivity contribution in [3.63, 3.8) is 0 Å². The van der Waals surface area contributed by atoms with Crippen LogP contribution in [0.4, 0.5) is 5.69 Å². The first-order valence-electron chi connectivity index (χ1n) is 6.01. The van der Waals surface area contributed by atoms with Gasteiger partial charge in [0.2, 0.25) is 5.91 Å². The number of amides is 1. The van der Waals surface area contributed by atoms with Gasteiger partial charge in [0.05, 0.1) is 24.6 Å². The molecule has 0 saturated carbocycles. The van der Waals surface area contributed by atoms with Crippen LogP contribution in [0.5, 0.6) is 0 Å². The lowest BCUT2D eigenvalue weighted by Gasteiger charge is -2.26. The molecule has 0 spiro atoms. The summed E-state index contributed by atoms with van der Waals surface area (Å²) < 4.78 is 5.17. The number of para-hydroxylation sites is 1. The molecule has 1 fully saturated rings. The minimum Gasteiger partial charge on any atom is -0.379 e. The Kier molecular flexibility index (Phi) is 4.43. The van der Waals surface area contributed by atoms with Gasteiger partial charge in [0.1, 0.15) is 0 Å². The first kappa shape index (κ1) is 13.4. The molecule has 1 N–H and O–H groups in total. The molecule has 1 aromatic carbocycles. The van der Waals surface area contributed by atoms with Gasteiger partial charge in [-0.05, 0) is 0 Å². The summed E-state index contributed by atoms with van der Waals surface area (Å²) in [5.41, 5.74) is 3.11. The molecule has 0 unspecified atom stereocenters. The Hall–Kier alpha value is -1.99. The van der Waals surface area contributed by atoms with Gasteiger partial charge in [0, 0.05) is 24.7 Å². The van der Waals surface area contributed by atoms with E-state index in [0.29, 0.717) is 31.9 Å². The van der Waals surface area contributed by atoms with Crippen LogP contribution in [-0.4, -0.2) is 42.1 Å². The number of benzene rings is 1. The summed E-state index contributed by atoms with van der Waals surface area (Å²) >= 11 is 0. The van der Waals surface area contributed by atoms with Crippen LogP contribution in [0.3, 0.4) is 0 Å². The van der Waals surface area contributed by atoms with E-state index in [9.17, 15) is 14.9 Å². The minimum absolute atomic E-state index is 0.00545. The van der Waals surface area contributed by atoms with E-state index in [2.05, 4.69) is 5.43 Å². The Morgan fingerprint density at radius 2 is 2.05 bits per heavy atom. The lowest BCUT2D eigenvalue weighted by molar-refractivity contribution is -0.385. The van der Waals surface area contributed by atoms with Crippen molar-refractivity contribution in [3.05, 3.63) is 39.9 Å². The average molecular weight is 265 g/mol. The van der Waals surface area contributed by atoms with E-state index in [1.54, 1.807) is 23.2 Å². The molecule has 1 aliphatic rings. The molecule has 0 aromatic heterocycles. The first-order chi connectivity index (χ1) is 9.16. The average Bonchev–Trinajstić information content (AvgIpc) is 2.40. The fraction of sp³-hybridized carbons (Fsp3) is 0.417. The lowest BCUT2D eigenvalue weighted by Crippen LogP contribution is -2.48. The molecule has 1 saturated heterocycles. The predicted molar refractivity (Wildman–Crippen MR) is 67.3 cm³/mol. The van der Waals surface area contributed by atoms with E-state index in [4.69, 9.17) is 4.74 Å². The van der Waals surface area contributed by atoms with Gasteiger partial charge >= 0.3 is 0 Å². The van der Waals surface area contributed by atoms with Crippen molar-refractivity contribution in [2.75, 3.05) is 26.3 Å². The summed E-state index contributed by atoms with van der Waals surface area (Å²) in [7, 11) is 0. The van der Waals surface area contributed by atoms with Crippen molar-refractivity contribution in [1.29, 1.82) is 0 Å². The zero-order chi connectivity index (χ0) is 13.7. The maximum absolute atomic E-state index is 11.8. The van der Waals surface area contributed by atoms with Crippen molar-refractivity contribution in [2.45, 2.75) is 6.42 Å². The molecule has 7 nitrogen and oxygen atoms in total. The summed E-state index contributed by atoms with van der Waals surface area (Å²) in [4.78, 5) is 22.2. The monoisotopic (exact) mass is 265 g/mol. The van der Waals surface area contributed by atoms with Crippen LogP contribution in [0.2, 0.25) is 0 Å². The Morgan fingerprint density at radius 3 is 2.74 bits per heavy atom. The Labute approximate surface area is 110 Å². The van der Waals surface area contributed by atoms with Crippen LogP contribution in [0.1, 0.15) is 5.56 Å². The highest BCUT2D eigenvalue weighted by Crippen LogP contribution is 2.17. The van der Waals surface area contributed by atoms with Crippen LogP contribution in [-0.2, 0) is 16.0 Å². The van der Waals surface area contributed by atoms with E-state index >= 15 is 0 Å². The van der Waals surface area contributed by atoms with Gasteiger partial charge in [-0.2, -0.15) is 0 Å². The van der Waals surface area contributed by atoms with Crippen molar-refractivity contribution >= 4 is 11.6 Å². The fourth-order valence-electron chi connectivity index (χ4n) is 1.90. The zero-order valence-corrected chi connectivity index (χ0v) is 10.4. The van der Waals surface area contributed by atoms with Crippen LogP contribution in [0.25, 0.3) is 0 Å². The summed E-state index contributed by atoms with van der Waals surface area (Å²) in [5.74, 6) is -0.254. The van der Waals surface area contributed by atoms with Crippen LogP contribution < -0.4 is 5.43 Å². The largest absolute Gasteiger partial charge is 0.379 e. The molecule has 0 aliphatic carbocycles. The van der Waals surface area contributed by atoms with E-state index in [1.165, 1.54) is 6.07 Å². The molecule has 7 heteroatoms. The van der Waals surface area contributed by atoms with Gasteiger partial charge in [-0.25, -0.2) is 5.01 Å². The number of ether oxygens (including phenoxy) is 1. The van der Waals surface area contributed by atoms with Crippen molar-refractivity contribution in [3.8, 4) is 0 Å². The number of nitrogens with zero attached hydrogens (tertiary/aromatic N) is 2. The third kappa shape index (κ3) is 3.73. The van der Waals surface area contributed by atoms with E-state index in [1.807, 2.05) is 0 Å². The third-order valence-corrected chi connectivity index (χ3v) is 2.83. The second kappa shape index (κ2) is 6.26. The summed E-state index contributed by atoms with van der Waals surface area (Å²) in [6, 6.07) is 6.26. The lowest BCUT2D eigenvalue weighted by atomic mass is 10.1. The van der Waals surface area contributed by atoms with Crippen LogP contribution in [0.15, 0.2) is 24.3 Å². The summed E-state index contributed by atoms with van der Waals surface area (Å²) in [6.07, 6.45) is -0.00545. The topological polar surface area (TPSA) is 84.7 Å². The van der Waals surface area contributed by atoms with Crippen molar-refractivity contribution in [1.82, 2.24) is 10.4 Å². The quantitative estimate of drug-likeness (QED) is 0.633. The fourth-order valence-corrected chi connectivity index (χ4v) is 1.90. The molecule has 1 heterocycles. The zero-order valence-electron chi connectivity index (χ0n) is 10.4. The second-order valence-corrected chi connectivity index (χ2v) is 4.20. The van der Waals surface area contributed by atoms with E-state index in [0.717, 1.165) is 0 Å².